The van der Waals surface area contributed by atoms with Gasteiger partial charge in [0.2, 0.25) is 0 Å². The Hall–Kier alpha value is -2.77. The summed E-state index contributed by atoms with van der Waals surface area (Å²) in [5.41, 5.74) is 2.35. The minimum atomic E-state index is 0.681. The van der Waals surface area contributed by atoms with Crippen LogP contribution in [0.4, 0.5) is 0 Å². The maximum absolute atomic E-state index is 5.97. The summed E-state index contributed by atoms with van der Waals surface area (Å²) in [6, 6.07) is 16.3. The highest BCUT2D eigenvalue weighted by Crippen LogP contribution is 2.15. The summed E-state index contributed by atoms with van der Waals surface area (Å²) in [5.74, 6) is 2.60. The van der Waals surface area contributed by atoms with E-state index < -0.39 is 0 Å². The number of rotatable bonds is 9. The summed E-state index contributed by atoms with van der Waals surface area (Å²) in [5, 5.41) is 3.44. The van der Waals surface area contributed by atoms with Crippen LogP contribution in [0.1, 0.15) is 11.1 Å². The normalized spacial score (nSPS) is 14.9. The van der Waals surface area contributed by atoms with E-state index in [1.165, 1.54) is 5.56 Å². The highest BCUT2D eigenvalue weighted by Gasteiger charge is 2.10. The highest BCUT2D eigenvalue weighted by molar-refractivity contribution is 5.79. The lowest BCUT2D eigenvalue weighted by atomic mass is 10.2. The molecule has 0 bridgehead atoms. The fourth-order valence-electron chi connectivity index (χ4n) is 3.51. The molecule has 0 atom stereocenters. The van der Waals surface area contributed by atoms with Crippen LogP contribution in [0, 0.1) is 0 Å². The van der Waals surface area contributed by atoms with Crippen molar-refractivity contribution in [3.8, 4) is 11.5 Å². The summed E-state index contributed by atoms with van der Waals surface area (Å²) < 4.78 is 16.6. The van der Waals surface area contributed by atoms with Gasteiger partial charge in [0.1, 0.15) is 18.1 Å². The molecule has 0 radical (unpaired) electrons. The van der Waals surface area contributed by atoms with Gasteiger partial charge in [-0.15, -0.1) is 0 Å². The van der Waals surface area contributed by atoms with Crippen molar-refractivity contribution in [3.63, 3.8) is 0 Å². The average Bonchev–Trinajstić information content (AvgIpc) is 2.81. The first kappa shape index (κ1) is 22.9. The van der Waals surface area contributed by atoms with Gasteiger partial charge in [0.25, 0.3) is 0 Å². The molecule has 168 valence electrons. The van der Waals surface area contributed by atoms with E-state index in [1.54, 1.807) is 14.2 Å². The van der Waals surface area contributed by atoms with Crippen LogP contribution in [-0.4, -0.2) is 76.4 Å². The van der Waals surface area contributed by atoms with Crippen molar-refractivity contribution < 1.29 is 14.2 Å². The summed E-state index contributed by atoms with van der Waals surface area (Å²) in [6.07, 6.45) is 0. The molecular weight excluding hydrogens is 392 g/mol. The Kier molecular flexibility index (Phi) is 8.99. The molecular formula is C24H34N4O3. The molecule has 2 aromatic carbocycles. The van der Waals surface area contributed by atoms with Gasteiger partial charge in [-0.2, -0.15) is 0 Å². The molecule has 0 aromatic heterocycles. The molecule has 0 saturated carbocycles. The zero-order chi connectivity index (χ0) is 21.9. The van der Waals surface area contributed by atoms with E-state index in [2.05, 4.69) is 44.4 Å². The summed E-state index contributed by atoms with van der Waals surface area (Å²) >= 11 is 0. The second kappa shape index (κ2) is 12.2. The Morgan fingerprint density at radius 2 is 1.87 bits per heavy atom. The van der Waals surface area contributed by atoms with Crippen LogP contribution in [-0.2, 0) is 17.8 Å². The number of hydrogen-bond donors (Lipinski definition) is 1. The number of nitrogens with one attached hydrogen (secondary N) is 1. The Bertz CT molecular complexity index is 820. The van der Waals surface area contributed by atoms with Gasteiger partial charge in [-0.3, -0.25) is 9.89 Å². The number of morpholine rings is 1. The van der Waals surface area contributed by atoms with Gasteiger partial charge in [-0.05, 0) is 35.4 Å². The van der Waals surface area contributed by atoms with Crippen LogP contribution >= 0.6 is 0 Å². The van der Waals surface area contributed by atoms with Crippen LogP contribution in [0.5, 0.6) is 11.5 Å². The Morgan fingerprint density at radius 3 is 2.58 bits per heavy atom. The predicted molar refractivity (Wildman–Crippen MR) is 124 cm³/mol. The van der Waals surface area contributed by atoms with Gasteiger partial charge in [0.15, 0.2) is 5.96 Å². The lowest BCUT2D eigenvalue weighted by molar-refractivity contribution is 0.0322. The maximum Gasteiger partial charge on any atom is 0.193 e. The van der Waals surface area contributed by atoms with E-state index in [9.17, 15) is 0 Å². The molecule has 1 N–H and O–H groups in total. The van der Waals surface area contributed by atoms with Crippen LogP contribution in [0.3, 0.4) is 0 Å². The third kappa shape index (κ3) is 7.45. The van der Waals surface area contributed by atoms with Crippen LogP contribution in [0.15, 0.2) is 53.5 Å². The van der Waals surface area contributed by atoms with E-state index >= 15 is 0 Å². The van der Waals surface area contributed by atoms with E-state index in [-0.39, 0.29) is 0 Å². The van der Waals surface area contributed by atoms with E-state index in [4.69, 9.17) is 14.2 Å². The quantitative estimate of drug-likeness (QED) is 0.491. The average molecular weight is 427 g/mol. The third-order valence-electron chi connectivity index (χ3n) is 5.28. The van der Waals surface area contributed by atoms with Gasteiger partial charge < -0.3 is 24.4 Å². The molecule has 0 unspecified atom stereocenters. The maximum atomic E-state index is 5.97. The molecule has 1 fully saturated rings. The minimum Gasteiger partial charge on any atom is -0.497 e. The van der Waals surface area contributed by atoms with Crippen molar-refractivity contribution in [2.24, 2.45) is 4.99 Å². The van der Waals surface area contributed by atoms with Gasteiger partial charge in [0, 0.05) is 46.8 Å². The SMILES string of the molecule is CN=C(NCc1cccc(OCCN2CCOCC2)c1)N(C)Cc1ccc(OC)cc1. The molecule has 1 aliphatic heterocycles. The molecule has 1 aliphatic rings. The van der Waals surface area contributed by atoms with E-state index in [0.717, 1.165) is 62.4 Å². The fourth-order valence-corrected chi connectivity index (χ4v) is 3.51. The predicted octanol–water partition coefficient (Wildman–Crippen LogP) is 2.61. The van der Waals surface area contributed by atoms with Crippen molar-refractivity contribution in [1.29, 1.82) is 0 Å². The van der Waals surface area contributed by atoms with Crippen molar-refractivity contribution in [3.05, 3.63) is 59.7 Å². The summed E-state index contributed by atoms with van der Waals surface area (Å²) in [7, 11) is 5.51. The van der Waals surface area contributed by atoms with E-state index in [0.29, 0.717) is 13.2 Å². The monoisotopic (exact) mass is 426 g/mol. The molecule has 0 amide bonds. The molecule has 0 aliphatic carbocycles. The first-order valence-corrected chi connectivity index (χ1v) is 10.7. The van der Waals surface area contributed by atoms with Crippen molar-refractivity contribution in [2.45, 2.75) is 13.1 Å². The second-order valence-corrected chi connectivity index (χ2v) is 7.55. The number of nitrogens with zero attached hydrogens (tertiary/aromatic N) is 3. The lowest BCUT2D eigenvalue weighted by Gasteiger charge is -2.26. The molecule has 1 saturated heterocycles. The van der Waals surface area contributed by atoms with Gasteiger partial charge >= 0.3 is 0 Å². The van der Waals surface area contributed by atoms with Crippen molar-refractivity contribution in [2.75, 3.05) is 60.7 Å². The topological polar surface area (TPSA) is 58.6 Å². The first-order chi connectivity index (χ1) is 15.2. The molecule has 7 heteroatoms. The Balaban J connectivity index is 1.46. The lowest BCUT2D eigenvalue weighted by Crippen LogP contribution is -2.38. The second-order valence-electron chi connectivity index (χ2n) is 7.55. The molecule has 1 heterocycles. The zero-order valence-corrected chi connectivity index (χ0v) is 18.8. The van der Waals surface area contributed by atoms with Gasteiger partial charge in [0.05, 0.1) is 20.3 Å². The number of hydrogen-bond acceptors (Lipinski definition) is 5. The highest BCUT2D eigenvalue weighted by atomic mass is 16.5. The smallest absolute Gasteiger partial charge is 0.193 e. The largest absolute Gasteiger partial charge is 0.497 e. The van der Waals surface area contributed by atoms with E-state index in [1.807, 2.05) is 31.3 Å². The van der Waals surface area contributed by atoms with Gasteiger partial charge in [-0.1, -0.05) is 24.3 Å². The number of ether oxygens (including phenoxy) is 3. The number of benzene rings is 2. The number of guanidine groups is 1. The minimum absolute atomic E-state index is 0.681. The Labute approximate surface area is 185 Å². The third-order valence-corrected chi connectivity index (χ3v) is 5.28. The molecule has 3 rings (SSSR count). The van der Waals surface area contributed by atoms with Crippen LogP contribution in [0.2, 0.25) is 0 Å². The summed E-state index contributed by atoms with van der Waals surface area (Å²) in [6.45, 7) is 6.64. The fraction of sp³-hybridized carbons (Fsp3) is 0.458. The van der Waals surface area contributed by atoms with Crippen molar-refractivity contribution >= 4 is 5.96 Å². The first-order valence-electron chi connectivity index (χ1n) is 10.7. The summed E-state index contributed by atoms with van der Waals surface area (Å²) in [4.78, 5) is 8.89. The molecule has 31 heavy (non-hydrogen) atoms. The van der Waals surface area contributed by atoms with Crippen molar-refractivity contribution in [1.82, 2.24) is 15.1 Å². The number of aliphatic imine (C=N–C) groups is 1. The molecule has 2 aromatic rings. The standard InChI is InChI=1S/C24H34N4O3/c1-25-24(27(2)19-20-7-9-22(29-3)10-8-20)26-18-21-5-4-6-23(17-21)31-16-13-28-11-14-30-15-12-28/h4-10,17H,11-16,18-19H2,1-3H3,(H,25,26). The van der Waals surface area contributed by atoms with Crippen LogP contribution in [0.25, 0.3) is 0 Å². The van der Waals surface area contributed by atoms with Gasteiger partial charge in [-0.25, -0.2) is 0 Å². The molecule has 0 spiro atoms. The Morgan fingerprint density at radius 1 is 1.10 bits per heavy atom. The zero-order valence-electron chi connectivity index (χ0n) is 18.8. The number of methoxy groups -OCH3 is 1. The van der Waals surface area contributed by atoms with Crippen LogP contribution < -0.4 is 14.8 Å². The molecule has 7 nitrogen and oxygen atoms in total.